The summed E-state index contributed by atoms with van der Waals surface area (Å²) in [5, 5.41) is 11.8. The molecule has 0 spiro atoms. The molecular formula is C12H13N3O4. The lowest BCUT2D eigenvalue weighted by Gasteiger charge is -2.05. The van der Waals surface area contributed by atoms with Gasteiger partial charge in [-0.25, -0.2) is 14.8 Å². The Balaban J connectivity index is 2.15. The van der Waals surface area contributed by atoms with Gasteiger partial charge in [0.05, 0.1) is 6.61 Å². The van der Waals surface area contributed by atoms with Crippen LogP contribution in [0, 0.1) is 0 Å². The van der Waals surface area contributed by atoms with Gasteiger partial charge in [0.2, 0.25) is 5.89 Å². The number of aromatic nitrogens is 2. The molecule has 0 aromatic carbocycles. The molecule has 2 aromatic heterocycles. The number of anilines is 1. The number of aromatic carboxylic acids is 1. The normalized spacial score (nSPS) is 10.4. The number of hydrogen-bond donors (Lipinski definition) is 2. The predicted molar refractivity (Wildman–Crippen MR) is 67.1 cm³/mol. The maximum absolute atomic E-state index is 10.7. The lowest BCUT2D eigenvalue weighted by atomic mass is 10.2. The van der Waals surface area contributed by atoms with E-state index in [1.54, 1.807) is 25.4 Å². The first kappa shape index (κ1) is 13.0. The zero-order valence-electron chi connectivity index (χ0n) is 10.3. The number of oxazole rings is 1. The van der Waals surface area contributed by atoms with Crippen molar-refractivity contribution in [2.24, 2.45) is 0 Å². The highest BCUT2D eigenvalue weighted by atomic mass is 16.5. The molecule has 0 amide bonds. The molecule has 2 heterocycles. The third-order valence-corrected chi connectivity index (χ3v) is 2.34. The fourth-order valence-electron chi connectivity index (χ4n) is 1.45. The Hall–Kier alpha value is -2.41. The second-order valence-corrected chi connectivity index (χ2v) is 3.69. The Labute approximate surface area is 109 Å². The maximum atomic E-state index is 10.7. The van der Waals surface area contributed by atoms with Crippen LogP contribution in [-0.2, 0) is 4.74 Å². The molecule has 0 aliphatic heterocycles. The summed E-state index contributed by atoms with van der Waals surface area (Å²) in [5.41, 5.74) is 0.531. The molecule has 0 saturated heterocycles. The van der Waals surface area contributed by atoms with E-state index in [2.05, 4.69) is 15.3 Å². The number of carboxylic acids is 1. The summed E-state index contributed by atoms with van der Waals surface area (Å²) < 4.78 is 10.0. The summed E-state index contributed by atoms with van der Waals surface area (Å²) in [4.78, 5) is 18.7. The second kappa shape index (κ2) is 5.96. The van der Waals surface area contributed by atoms with E-state index in [0.717, 1.165) is 6.26 Å². The van der Waals surface area contributed by atoms with E-state index >= 15 is 0 Å². The number of nitrogens with zero attached hydrogens (tertiary/aromatic N) is 2. The fourth-order valence-corrected chi connectivity index (χ4v) is 1.45. The van der Waals surface area contributed by atoms with Gasteiger partial charge in [-0.15, -0.1) is 0 Å². The maximum Gasteiger partial charge on any atom is 0.357 e. The third kappa shape index (κ3) is 3.29. The molecule has 2 rings (SSSR count). The molecule has 19 heavy (non-hydrogen) atoms. The van der Waals surface area contributed by atoms with Gasteiger partial charge >= 0.3 is 5.97 Å². The minimum atomic E-state index is -1.12. The van der Waals surface area contributed by atoms with Crippen molar-refractivity contribution in [3.05, 3.63) is 30.3 Å². The highest BCUT2D eigenvalue weighted by Gasteiger charge is 2.12. The molecule has 100 valence electrons. The van der Waals surface area contributed by atoms with Gasteiger partial charge in [-0.1, -0.05) is 0 Å². The molecule has 0 unspecified atom stereocenters. The van der Waals surface area contributed by atoms with Gasteiger partial charge in [-0.3, -0.25) is 0 Å². The van der Waals surface area contributed by atoms with Crippen molar-refractivity contribution < 1.29 is 19.1 Å². The fraction of sp³-hybridized carbons (Fsp3) is 0.250. The Morgan fingerprint density at radius 1 is 1.58 bits per heavy atom. The molecule has 0 bridgehead atoms. The third-order valence-electron chi connectivity index (χ3n) is 2.34. The van der Waals surface area contributed by atoms with Gasteiger partial charge in [0, 0.05) is 25.4 Å². The van der Waals surface area contributed by atoms with Crippen LogP contribution in [-0.4, -0.2) is 41.3 Å². The summed E-state index contributed by atoms with van der Waals surface area (Å²) in [5.74, 6) is -0.235. The van der Waals surface area contributed by atoms with Crippen LogP contribution < -0.4 is 5.32 Å². The van der Waals surface area contributed by atoms with E-state index in [1.165, 1.54) is 0 Å². The molecule has 0 radical (unpaired) electrons. The van der Waals surface area contributed by atoms with Crippen LogP contribution in [0.3, 0.4) is 0 Å². The molecule has 2 N–H and O–H groups in total. The Morgan fingerprint density at radius 3 is 3.11 bits per heavy atom. The van der Waals surface area contributed by atoms with Crippen molar-refractivity contribution in [3.8, 4) is 11.5 Å². The number of pyridine rings is 1. The summed E-state index contributed by atoms with van der Waals surface area (Å²) in [7, 11) is 1.62. The van der Waals surface area contributed by atoms with Gasteiger partial charge < -0.3 is 19.6 Å². The minimum absolute atomic E-state index is 0.124. The molecule has 7 heteroatoms. The van der Waals surface area contributed by atoms with Gasteiger partial charge in [-0.05, 0) is 12.1 Å². The number of carboxylic acid groups (broad SMARTS) is 1. The molecule has 2 aromatic rings. The Morgan fingerprint density at radius 2 is 2.42 bits per heavy atom. The van der Waals surface area contributed by atoms with Gasteiger partial charge in [-0.2, -0.15) is 0 Å². The molecule has 0 fully saturated rings. The molecular weight excluding hydrogens is 250 g/mol. The van der Waals surface area contributed by atoms with E-state index < -0.39 is 5.97 Å². The van der Waals surface area contributed by atoms with Crippen molar-refractivity contribution in [1.82, 2.24) is 9.97 Å². The summed E-state index contributed by atoms with van der Waals surface area (Å²) in [6.45, 7) is 1.19. The Kier molecular flexibility index (Phi) is 4.09. The highest BCUT2D eigenvalue weighted by molar-refractivity contribution is 5.85. The van der Waals surface area contributed by atoms with Crippen molar-refractivity contribution in [3.63, 3.8) is 0 Å². The average Bonchev–Trinajstić information content (AvgIpc) is 2.89. The van der Waals surface area contributed by atoms with Crippen LogP contribution in [0.1, 0.15) is 10.5 Å². The average molecular weight is 263 g/mol. The lowest BCUT2D eigenvalue weighted by molar-refractivity contribution is 0.0690. The standard InChI is InChI=1S/C12H13N3O4/c1-18-5-4-14-10-6-8(2-3-13-10)11-15-9(7-19-11)12(16)17/h2-3,6-7H,4-5H2,1H3,(H,13,14)(H,16,17). The van der Waals surface area contributed by atoms with Crippen molar-refractivity contribution >= 4 is 11.8 Å². The largest absolute Gasteiger partial charge is 0.476 e. The summed E-state index contributed by atoms with van der Waals surface area (Å²) in [6.07, 6.45) is 2.70. The highest BCUT2D eigenvalue weighted by Crippen LogP contribution is 2.20. The molecule has 0 atom stereocenters. The SMILES string of the molecule is COCCNc1cc(-c2nc(C(=O)O)co2)ccn1. The first-order valence-electron chi connectivity index (χ1n) is 5.59. The van der Waals surface area contributed by atoms with Crippen LogP contribution in [0.5, 0.6) is 0 Å². The minimum Gasteiger partial charge on any atom is -0.476 e. The van der Waals surface area contributed by atoms with Crippen LogP contribution >= 0.6 is 0 Å². The number of hydrogen-bond acceptors (Lipinski definition) is 6. The van der Waals surface area contributed by atoms with E-state index in [-0.39, 0.29) is 11.6 Å². The quantitative estimate of drug-likeness (QED) is 0.762. The second-order valence-electron chi connectivity index (χ2n) is 3.69. The number of carbonyl (C=O) groups is 1. The summed E-state index contributed by atoms with van der Waals surface area (Å²) >= 11 is 0. The molecule has 0 aliphatic rings. The van der Waals surface area contributed by atoms with Crippen molar-refractivity contribution in [2.75, 3.05) is 25.6 Å². The smallest absolute Gasteiger partial charge is 0.357 e. The molecule has 0 aliphatic carbocycles. The van der Waals surface area contributed by atoms with Gasteiger partial charge in [0.25, 0.3) is 0 Å². The predicted octanol–water partition coefficient (Wildman–Crippen LogP) is 1.49. The number of methoxy groups -OCH3 is 1. The lowest BCUT2D eigenvalue weighted by Crippen LogP contribution is -2.08. The monoisotopic (exact) mass is 263 g/mol. The van der Waals surface area contributed by atoms with Gasteiger partial charge in [0.1, 0.15) is 12.1 Å². The summed E-state index contributed by atoms with van der Waals surface area (Å²) in [6, 6.07) is 3.42. The van der Waals surface area contributed by atoms with E-state index in [0.29, 0.717) is 24.5 Å². The van der Waals surface area contributed by atoms with Crippen LogP contribution in [0.25, 0.3) is 11.5 Å². The van der Waals surface area contributed by atoms with Crippen LogP contribution in [0.2, 0.25) is 0 Å². The first-order chi connectivity index (χ1) is 9.20. The van der Waals surface area contributed by atoms with E-state index in [1.807, 2.05) is 0 Å². The van der Waals surface area contributed by atoms with Crippen molar-refractivity contribution in [1.29, 1.82) is 0 Å². The topological polar surface area (TPSA) is 97.5 Å². The van der Waals surface area contributed by atoms with Crippen LogP contribution in [0.15, 0.2) is 29.0 Å². The molecule has 7 nitrogen and oxygen atoms in total. The van der Waals surface area contributed by atoms with Crippen LogP contribution in [0.4, 0.5) is 5.82 Å². The number of nitrogens with one attached hydrogen (secondary N) is 1. The van der Waals surface area contributed by atoms with Gasteiger partial charge in [0.15, 0.2) is 5.69 Å². The number of rotatable bonds is 6. The van der Waals surface area contributed by atoms with Crippen molar-refractivity contribution in [2.45, 2.75) is 0 Å². The van der Waals surface area contributed by atoms with E-state index in [4.69, 9.17) is 14.3 Å². The van der Waals surface area contributed by atoms with E-state index in [9.17, 15) is 4.79 Å². The zero-order valence-corrected chi connectivity index (χ0v) is 10.3. The number of ether oxygens (including phenoxy) is 1. The zero-order chi connectivity index (χ0) is 13.7. The molecule has 0 saturated carbocycles. The first-order valence-corrected chi connectivity index (χ1v) is 5.59. The Bertz CT molecular complexity index is 568.